The molecule has 58 heavy (non-hydrogen) atoms. The Morgan fingerprint density at radius 1 is 0.207 bits per heavy atom. The van der Waals surface area contributed by atoms with Gasteiger partial charge in [-0.1, -0.05) is 0 Å². The van der Waals surface area contributed by atoms with Crippen LogP contribution >= 0.6 is 46.9 Å². The second-order valence-corrected chi connectivity index (χ2v) is 12.7. The van der Waals surface area contributed by atoms with Crippen LogP contribution in [0.5, 0.6) is 0 Å². The van der Waals surface area contributed by atoms with Gasteiger partial charge in [-0.2, -0.15) is 0 Å². The molecule has 1 aliphatic carbocycles. The molecule has 0 bridgehead atoms. The van der Waals surface area contributed by atoms with Crippen molar-refractivity contribution in [2.75, 3.05) is 0 Å². The minimum absolute atomic E-state index is 0. The average molecular weight is 1100 g/mol. The third-order valence-electron chi connectivity index (χ3n) is 3.45. The minimum atomic E-state index is -6.68. The van der Waals surface area contributed by atoms with Crippen LogP contribution in [-0.4, -0.2) is 91.4 Å². The van der Waals surface area contributed by atoms with Crippen LogP contribution in [0.4, 0.5) is 0 Å². The summed E-state index contributed by atoms with van der Waals surface area (Å²) in [6.45, 7) is 0. The fraction of sp³-hybridized carbons (Fsp3) is 1.00. The Morgan fingerprint density at radius 2 is 0.259 bits per heavy atom. The van der Waals surface area contributed by atoms with E-state index in [1.54, 1.807) is 0 Å². The third kappa shape index (κ3) is 70.3. The van der Waals surface area contributed by atoms with Crippen molar-refractivity contribution in [3.05, 3.63) is 0 Å². The third-order valence-corrected chi connectivity index (χ3v) is 6.46. The molecule has 1 rings (SSSR count). The average Bonchev–Trinajstić information content (AvgIpc) is 2.51. The molecule has 20 N–H and O–H groups in total. The number of phosphoric ester groups is 6. The van der Waals surface area contributed by atoms with Crippen molar-refractivity contribution in [3.63, 3.8) is 0 Å². The summed E-state index contributed by atoms with van der Waals surface area (Å²) in [5, 5.41) is 0. The molecule has 1 fully saturated rings. The fourth-order valence-corrected chi connectivity index (χ4v) is 5.96. The van der Waals surface area contributed by atoms with Gasteiger partial charge in [0.05, 0.1) is 46.9 Å². The van der Waals surface area contributed by atoms with Gasteiger partial charge in [0.1, 0.15) is 36.6 Å². The van der Waals surface area contributed by atoms with E-state index in [9.17, 15) is 86.1 Å². The molecule has 0 aliphatic heterocycles. The zero-order valence-corrected chi connectivity index (χ0v) is 62.3. The van der Waals surface area contributed by atoms with E-state index in [4.69, 9.17) is 0 Å². The molecule has 296 valence electrons. The fourth-order valence-electron chi connectivity index (χ4n) is 2.74. The number of hydrogen-bond donors (Lipinski definition) is 0. The van der Waals surface area contributed by atoms with Crippen molar-refractivity contribution < 1.29 is 523 Å². The summed E-state index contributed by atoms with van der Waals surface area (Å²) in [4.78, 5) is 133. The maximum Gasteiger partial charge on any atom is 1.00 e. The molecular formula is C6H26Na12O34P6. The van der Waals surface area contributed by atoms with Crippen molar-refractivity contribution in [2.45, 2.75) is 36.6 Å². The summed E-state index contributed by atoms with van der Waals surface area (Å²) < 4.78 is 88.3. The largest absolute Gasteiger partial charge is 1.00 e. The molecule has 0 spiro atoms. The summed E-state index contributed by atoms with van der Waals surface area (Å²) in [6, 6.07) is 0. The van der Waals surface area contributed by atoms with Crippen LogP contribution in [0.1, 0.15) is 0 Å². The number of phosphoric acid groups is 6. The molecule has 0 aromatic carbocycles. The van der Waals surface area contributed by atoms with E-state index in [1.807, 2.05) is 0 Å². The first-order valence-corrected chi connectivity index (χ1v) is 16.6. The standard InChI is InChI=1S/C6H18O24P6.12Na.10H2O/c7-31(8,9)25-1-2(26-32(10,11)12)4(28-34(16,17)18)6(30-36(22,23)24)5(29-35(19,20)21)3(1)27-33(13,14)15;;;;;;;;;;;;;;;;;;;;;;/h1-6H,(H2,7,8,9)(H2,10,11,12)(H2,13,14,15)(H2,16,17,18)(H2,19,20,21)(H2,22,23,24);;;;;;;;;;;;;10*1H2/q;12*+1;;;;;;;;;;/p-12. The van der Waals surface area contributed by atoms with Gasteiger partial charge < -0.3 is 168 Å². The van der Waals surface area contributed by atoms with Crippen LogP contribution in [0.2, 0.25) is 0 Å². The monoisotopic (exact) mass is 1100 g/mol. The van der Waals surface area contributed by atoms with E-state index in [1.165, 1.54) is 0 Å². The zero-order valence-electron chi connectivity index (χ0n) is 32.9. The molecule has 0 heterocycles. The van der Waals surface area contributed by atoms with Crippen molar-refractivity contribution in [1.29, 1.82) is 0 Å². The van der Waals surface area contributed by atoms with Gasteiger partial charge >= 0.3 is 355 Å². The summed E-state index contributed by atoms with van der Waals surface area (Å²) in [5.74, 6) is 0. The van der Waals surface area contributed by atoms with Crippen LogP contribution in [0.25, 0.3) is 0 Å². The first kappa shape index (κ1) is 145. The molecule has 52 heteroatoms. The SMILES string of the molecule is O.O.O.O.O.O.O.O.O.O.O=P([O-])([O-])OC1C(OP(=O)([O-])[O-])C(OP(=O)([O-])[O-])C(OP(=O)([O-])[O-])C(OP(=O)([O-])[O-])C1OP(=O)([O-])[O-].[Na+].[Na+].[Na+].[Na+].[Na+].[Na+].[Na+].[Na+].[Na+].[Na+].[Na+].[Na+]. The first-order valence-electron chi connectivity index (χ1n) is 7.80. The molecular weight excluding hydrogens is 1080 g/mol. The van der Waals surface area contributed by atoms with E-state index in [0.29, 0.717) is 0 Å². The summed E-state index contributed by atoms with van der Waals surface area (Å²) >= 11 is 0. The maximum absolute atomic E-state index is 11.1. The maximum atomic E-state index is 11.1. The quantitative estimate of drug-likeness (QED) is 0.129. The molecule has 0 amide bonds. The van der Waals surface area contributed by atoms with Gasteiger partial charge in [-0.3, -0.25) is 0 Å². The Morgan fingerprint density at radius 3 is 0.293 bits per heavy atom. The Hall–Kier alpha value is 12.3. The minimum Gasteiger partial charge on any atom is -0.790 e. The van der Waals surface area contributed by atoms with E-state index < -0.39 is 83.6 Å². The molecule has 0 atom stereocenters. The second kappa shape index (κ2) is 61.8. The van der Waals surface area contributed by atoms with Gasteiger partial charge in [-0.15, -0.1) is 0 Å². The summed E-state index contributed by atoms with van der Waals surface area (Å²) in [7, 11) is -40.1. The van der Waals surface area contributed by atoms with Gasteiger partial charge in [-0.05, 0) is 0 Å². The van der Waals surface area contributed by atoms with Crippen LogP contribution in [0.3, 0.4) is 0 Å². The normalized spacial score (nSPS) is 18.2. The van der Waals surface area contributed by atoms with E-state index in [2.05, 4.69) is 27.1 Å². The van der Waals surface area contributed by atoms with Gasteiger partial charge in [-0.25, -0.2) is 0 Å². The Labute approximate surface area is 593 Å². The van der Waals surface area contributed by atoms with E-state index >= 15 is 0 Å². The first-order chi connectivity index (χ1) is 15.6. The van der Waals surface area contributed by atoms with Crippen LogP contribution < -0.4 is 413 Å². The molecule has 34 nitrogen and oxygen atoms in total. The van der Waals surface area contributed by atoms with Crippen LogP contribution in [0, 0.1) is 0 Å². The smallest absolute Gasteiger partial charge is 0.790 e. The van der Waals surface area contributed by atoms with Gasteiger partial charge in [0.15, 0.2) is 0 Å². The molecule has 0 unspecified atom stereocenters. The number of rotatable bonds is 12. The molecule has 0 aromatic rings. The van der Waals surface area contributed by atoms with E-state index in [-0.39, 0.29) is 409 Å². The van der Waals surface area contributed by atoms with Gasteiger partial charge in [0, 0.05) is 0 Å². The Balaban J connectivity index is -0.0000000295. The van der Waals surface area contributed by atoms with Crippen LogP contribution in [-0.2, 0) is 54.5 Å². The predicted molar refractivity (Wildman–Crippen MR) is 111 cm³/mol. The summed E-state index contributed by atoms with van der Waals surface area (Å²) in [5.41, 5.74) is 0. The number of hydrogen-bond acceptors (Lipinski definition) is 24. The van der Waals surface area contributed by atoms with Crippen molar-refractivity contribution >= 4 is 46.9 Å². The predicted octanol–water partition coefficient (Wildman–Crippen LogP) is -54.9. The summed E-state index contributed by atoms with van der Waals surface area (Å²) in [6.07, 6.45) is -21.5. The Bertz CT molecular complexity index is 866. The van der Waals surface area contributed by atoms with E-state index in [0.717, 1.165) is 0 Å². The second-order valence-electron chi connectivity index (χ2n) is 6.10. The topological polar surface area (TPSA) is 750 Å². The van der Waals surface area contributed by atoms with Crippen LogP contribution in [0.15, 0.2) is 0 Å². The van der Waals surface area contributed by atoms with Crippen molar-refractivity contribution in [1.82, 2.24) is 0 Å². The molecule has 0 aromatic heterocycles. The molecule has 0 radical (unpaired) electrons. The molecule has 0 saturated heterocycles. The van der Waals surface area contributed by atoms with Crippen molar-refractivity contribution in [2.24, 2.45) is 0 Å². The zero-order chi connectivity index (χ0) is 28.7. The van der Waals surface area contributed by atoms with Gasteiger partial charge in [0.25, 0.3) is 0 Å². The molecule has 1 saturated carbocycles. The molecule has 1 aliphatic rings. The Kier molecular flexibility index (Phi) is 154. The van der Waals surface area contributed by atoms with Gasteiger partial charge in [0.2, 0.25) is 0 Å². The van der Waals surface area contributed by atoms with Crippen molar-refractivity contribution in [3.8, 4) is 0 Å².